The Hall–Kier alpha value is -1.81. The topological polar surface area (TPSA) is 47.3 Å². The molecule has 1 heterocycles. The van der Waals surface area contributed by atoms with Crippen LogP contribution in [0.5, 0.6) is 0 Å². The van der Waals surface area contributed by atoms with Crippen molar-refractivity contribution in [2.75, 3.05) is 0 Å². The molecule has 0 N–H and O–H groups in total. The molecule has 0 fully saturated rings. The van der Waals surface area contributed by atoms with Crippen LogP contribution >= 0.6 is 11.8 Å². The van der Waals surface area contributed by atoms with E-state index in [-0.39, 0.29) is 5.76 Å². The minimum atomic E-state index is -0.587. The lowest BCUT2D eigenvalue weighted by Gasteiger charge is -1.98. The Labute approximate surface area is 103 Å². The van der Waals surface area contributed by atoms with Crippen LogP contribution in [0.3, 0.4) is 0 Å². The van der Waals surface area contributed by atoms with Crippen molar-refractivity contribution in [3.8, 4) is 0 Å². The number of furan rings is 1. The molecular weight excluding hydrogens is 236 g/mol. The zero-order valence-corrected chi connectivity index (χ0v) is 9.78. The van der Waals surface area contributed by atoms with Crippen LogP contribution in [0, 0.1) is 0 Å². The van der Waals surface area contributed by atoms with Crippen LogP contribution in [0.4, 0.5) is 0 Å². The van der Waals surface area contributed by atoms with Gasteiger partial charge in [0, 0.05) is 5.75 Å². The standard InChI is InChI=1S/C13H10O3S/c14-12(11-7-4-8-16-11)13(15)17-9-10-5-2-1-3-6-10/h1-8H,9H2. The van der Waals surface area contributed by atoms with E-state index < -0.39 is 10.9 Å². The summed E-state index contributed by atoms with van der Waals surface area (Å²) < 4.78 is 4.88. The second kappa shape index (κ2) is 5.50. The Morgan fingerprint density at radius 1 is 1.06 bits per heavy atom. The lowest BCUT2D eigenvalue weighted by molar-refractivity contribution is -0.107. The summed E-state index contributed by atoms with van der Waals surface area (Å²) in [7, 11) is 0. The molecule has 4 heteroatoms. The maximum Gasteiger partial charge on any atom is 0.274 e. The fourth-order valence-electron chi connectivity index (χ4n) is 1.30. The lowest BCUT2D eigenvalue weighted by atomic mass is 10.2. The Balaban J connectivity index is 1.92. The van der Waals surface area contributed by atoms with Crippen LogP contribution in [-0.4, -0.2) is 10.9 Å². The Morgan fingerprint density at radius 2 is 1.82 bits per heavy atom. The van der Waals surface area contributed by atoms with Gasteiger partial charge < -0.3 is 4.42 Å². The van der Waals surface area contributed by atoms with Crippen LogP contribution in [0.1, 0.15) is 16.1 Å². The van der Waals surface area contributed by atoms with Crippen LogP contribution in [0.15, 0.2) is 53.1 Å². The van der Waals surface area contributed by atoms with E-state index in [4.69, 9.17) is 4.42 Å². The summed E-state index contributed by atoms with van der Waals surface area (Å²) in [5.74, 6) is -0.00180. The number of Topliss-reactive ketones (excluding diaryl/α,β-unsaturated/α-hetero) is 1. The molecule has 1 aromatic carbocycles. The molecule has 0 aliphatic carbocycles. The molecule has 0 radical (unpaired) electrons. The minimum Gasteiger partial charge on any atom is -0.461 e. The predicted molar refractivity (Wildman–Crippen MR) is 65.8 cm³/mol. The molecule has 17 heavy (non-hydrogen) atoms. The summed E-state index contributed by atoms with van der Waals surface area (Å²) in [5, 5.41) is -0.496. The summed E-state index contributed by atoms with van der Waals surface area (Å²) in [6, 6.07) is 12.6. The van der Waals surface area contributed by atoms with E-state index in [2.05, 4.69) is 0 Å². The maximum absolute atomic E-state index is 11.6. The molecule has 0 spiro atoms. The van der Waals surface area contributed by atoms with E-state index in [0.717, 1.165) is 17.3 Å². The van der Waals surface area contributed by atoms with Crippen molar-refractivity contribution in [2.45, 2.75) is 5.75 Å². The molecular formula is C13H10O3S. The first-order valence-electron chi connectivity index (χ1n) is 5.06. The SMILES string of the molecule is O=C(SCc1ccccc1)C(=O)c1ccco1. The molecule has 0 atom stereocenters. The number of carbonyl (C=O) groups is 2. The number of hydrogen-bond acceptors (Lipinski definition) is 4. The largest absolute Gasteiger partial charge is 0.461 e. The monoisotopic (exact) mass is 246 g/mol. The summed E-state index contributed by atoms with van der Waals surface area (Å²) in [4.78, 5) is 23.1. The molecule has 2 aromatic rings. The molecule has 0 unspecified atom stereocenters. The quantitative estimate of drug-likeness (QED) is 0.614. The molecule has 0 amide bonds. The van der Waals surface area contributed by atoms with Crippen molar-refractivity contribution >= 4 is 22.7 Å². The third-order valence-corrected chi connectivity index (χ3v) is 3.07. The normalized spacial score (nSPS) is 10.1. The molecule has 0 bridgehead atoms. The molecule has 86 valence electrons. The lowest BCUT2D eigenvalue weighted by Crippen LogP contribution is -2.09. The van der Waals surface area contributed by atoms with Crippen molar-refractivity contribution < 1.29 is 14.0 Å². The van der Waals surface area contributed by atoms with E-state index in [1.165, 1.54) is 12.3 Å². The highest BCUT2D eigenvalue weighted by Gasteiger charge is 2.19. The highest BCUT2D eigenvalue weighted by atomic mass is 32.2. The van der Waals surface area contributed by atoms with Crippen LogP contribution in [0.2, 0.25) is 0 Å². The van der Waals surface area contributed by atoms with Gasteiger partial charge in [-0.2, -0.15) is 0 Å². The zero-order valence-electron chi connectivity index (χ0n) is 8.96. The Morgan fingerprint density at radius 3 is 2.47 bits per heavy atom. The molecule has 0 saturated carbocycles. The van der Waals surface area contributed by atoms with Gasteiger partial charge in [-0.25, -0.2) is 0 Å². The molecule has 3 nitrogen and oxygen atoms in total. The summed E-state index contributed by atoms with van der Waals surface area (Å²) in [6.45, 7) is 0. The minimum absolute atomic E-state index is 0.0931. The van der Waals surface area contributed by atoms with Gasteiger partial charge in [0.1, 0.15) is 0 Å². The van der Waals surface area contributed by atoms with Crippen molar-refractivity contribution in [1.82, 2.24) is 0 Å². The highest BCUT2D eigenvalue weighted by Crippen LogP contribution is 2.15. The van der Waals surface area contributed by atoms with Crippen molar-refractivity contribution in [3.05, 3.63) is 60.1 Å². The van der Waals surface area contributed by atoms with Gasteiger partial charge in [-0.1, -0.05) is 42.1 Å². The number of hydrogen-bond donors (Lipinski definition) is 0. The van der Waals surface area contributed by atoms with Gasteiger partial charge in [-0.05, 0) is 17.7 Å². The summed E-state index contributed by atoms with van der Waals surface area (Å²) in [5.41, 5.74) is 1.01. The average Bonchev–Trinajstić information content (AvgIpc) is 2.90. The van der Waals surface area contributed by atoms with Gasteiger partial charge in [0.25, 0.3) is 10.9 Å². The predicted octanol–water partition coefficient (Wildman–Crippen LogP) is 2.92. The van der Waals surface area contributed by atoms with Gasteiger partial charge in [0.2, 0.25) is 0 Å². The smallest absolute Gasteiger partial charge is 0.274 e. The number of rotatable bonds is 4. The van der Waals surface area contributed by atoms with Crippen LogP contribution in [-0.2, 0) is 10.5 Å². The van der Waals surface area contributed by atoms with Crippen molar-refractivity contribution in [1.29, 1.82) is 0 Å². The highest BCUT2D eigenvalue weighted by molar-refractivity contribution is 8.14. The molecule has 0 aliphatic heterocycles. The molecule has 2 rings (SSSR count). The number of thioether (sulfide) groups is 1. The zero-order chi connectivity index (χ0) is 12.1. The van der Waals surface area contributed by atoms with E-state index in [0.29, 0.717) is 5.75 Å². The first kappa shape index (κ1) is 11.7. The van der Waals surface area contributed by atoms with Crippen LogP contribution in [0.25, 0.3) is 0 Å². The first-order chi connectivity index (χ1) is 8.27. The fraction of sp³-hybridized carbons (Fsp3) is 0.0769. The van der Waals surface area contributed by atoms with Crippen LogP contribution < -0.4 is 0 Å². The Kier molecular flexibility index (Phi) is 3.77. The summed E-state index contributed by atoms with van der Waals surface area (Å²) in [6.07, 6.45) is 1.38. The second-order valence-corrected chi connectivity index (χ2v) is 4.32. The van der Waals surface area contributed by atoms with Gasteiger partial charge >= 0.3 is 0 Å². The third kappa shape index (κ3) is 3.07. The molecule has 0 aliphatic rings. The van der Waals surface area contributed by atoms with Crippen molar-refractivity contribution in [3.63, 3.8) is 0 Å². The summed E-state index contributed by atoms with van der Waals surface area (Å²) >= 11 is 0.987. The van der Waals surface area contributed by atoms with E-state index in [9.17, 15) is 9.59 Å². The number of benzene rings is 1. The first-order valence-corrected chi connectivity index (χ1v) is 6.05. The number of carbonyl (C=O) groups excluding carboxylic acids is 2. The van der Waals surface area contributed by atoms with Gasteiger partial charge in [-0.15, -0.1) is 0 Å². The van der Waals surface area contributed by atoms with E-state index >= 15 is 0 Å². The fourth-order valence-corrected chi connectivity index (χ4v) is 2.02. The third-order valence-electron chi connectivity index (χ3n) is 2.14. The van der Waals surface area contributed by atoms with Gasteiger partial charge in [-0.3, -0.25) is 9.59 Å². The molecule has 0 saturated heterocycles. The maximum atomic E-state index is 11.6. The second-order valence-electron chi connectivity index (χ2n) is 3.37. The van der Waals surface area contributed by atoms with Gasteiger partial charge in [0.05, 0.1) is 6.26 Å². The number of ketones is 1. The van der Waals surface area contributed by atoms with Crippen molar-refractivity contribution in [2.24, 2.45) is 0 Å². The van der Waals surface area contributed by atoms with E-state index in [1.54, 1.807) is 6.07 Å². The van der Waals surface area contributed by atoms with Gasteiger partial charge in [0.15, 0.2) is 5.76 Å². The van der Waals surface area contributed by atoms with E-state index in [1.807, 2.05) is 30.3 Å². The average molecular weight is 246 g/mol. The molecule has 1 aromatic heterocycles. The Bertz CT molecular complexity index is 503.